The van der Waals surface area contributed by atoms with Gasteiger partial charge in [0.25, 0.3) is 0 Å². The van der Waals surface area contributed by atoms with Crippen molar-refractivity contribution >= 4 is 49.3 Å². The normalized spacial score (nSPS) is 20.2. The van der Waals surface area contributed by atoms with Gasteiger partial charge in [0.05, 0.1) is 15.2 Å². The first-order valence-electron chi connectivity index (χ1n) is 10.8. The molecule has 0 unspecified atom stereocenters. The Labute approximate surface area is 189 Å². The second kappa shape index (κ2) is 8.67. The fraction of sp³-hybridized carbons (Fsp3) is 0.375. The number of hydrogen-bond acceptors (Lipinski definition) is 5. The maximum absolute atomic E-state index is 13.8. The molecule has 4 aromatic rings. The van der Waals surface area contributed by atoms with Crippen LogP contribution in [0.2, 0.25) is 5.02 Å². The Morgan fingerprint density at radius 2 is 2.00 bits per heavy atom. The fourth-order valence-electron chi connectivity index (χ4n) is 4.83. The molecule has 0 radical (unpaired) electrons. The summed E-state index contributed by atoms with van der Waals surface area (Å²) in [5.41, 5.74) is 2.87. The van der Waals surface area contributed by atoms with E-state index >= 15 is 0 Å². The smallest absolute Gasteiger partial charge is 0.185 e. The summed E-state index contributed by atoms with van der Waals surface area (Å²) in [5.74, 6) is 0.972. The first kappa shape index (κ1) is 20.6. The molecule has 160 valence electrons. The fourth-order valence-corrected chi connectivity index (χ4v) is 6.03. The molecule has 0 spiro atoms. The number of fused-ring (bicyclic) bond motifs is 2. The average molecular weight is 455 g/mol. The highest BCUT2D eigenvalue weighted by Crippen LogP contribution is 2.40. The van der Waals surface area contributed by atoms with Crippen LogP contribution in [-0.4, -0.2) is 21.0 Å². The van der Waals surface area contributed by atoms with Gasteiger partial charge in [0.15, 0.2) is 10.8 Å². The van der Waals surface area contributed by atoms with Crippen molar-refractivity contribution in [3.8, 4) is 0 Å². The van der Waals surface area contributed by atoms with E-state index in [0.717, 1.165) is 45.6 Å². The SMILES string of the molecule is C[C@H](CC1CCC(c2ccnc3ccc(F)cc23)CC1)Nc1nc2ncc(Cl)cc2s1. The minimum Gasteiger partial charge on any atom is -0.359 e. The van der Waals surface area contributed by atoms with E-state index in [9.17, 15) is 4.39 Å². The number of hydrogen-bond donors (Lipinski definition) is 1. The third-order valence-corrected chi connectivity index (χ3v) is 7.42. The molecule has 31 heavy (non-hydrogen) atoms. The first-order valence-corrected chi connectivity index (χ1v) is 12.0. The van der Waals surface area contributed by atoms with Crippen molar-refractivity contribution < 1.29 is 4.39 Å². The predicted octanol–water partition coefficient (Wildman–Crippen LogP) is 7.20. The zero-order valence-corrected chi connectivity index (χ0v) is 18.9. The van der Waals surface area contributed by atoms with Gasteiger partial charge in [-0.25, -0.2) is 14.4 Å². The predicted molar refractivity (Wildman–Crippen MR) is 127 cm³/mol. The summed E-state index contributed by atoms with van der Waals surface area (Å²) in [5, 5.41) is 6.04. The van der Waals surface area contributed by atoms with Crippen LogP contribution in [0.15, 0.2) is 42.7 Å². The van der Waals surface area contributed by atoms with Crippen molar-refractivity contribution in [3.05, 3.63) is 59.1 Å². The van der Waals surface area contributed by atoms with Gasteiger partial charge in [-0.1, -0.05) is 22.9 Å². The van der Waals surface area contributed by atoms with Crippen molar-refractivity contribution in [3.63, 3.8) is 0 Å². The lowest BCUT2D eigenvalue weighted by Crippen LogP contribution is -2.22. The number of halogens is 2. The van der Waals surface area contributed by atoms with Gasteiger partial charge < -0.3 is 5.32 Å². The molecule has 3 aromatic heterocycles. The van der Waals surface area contributed by atoms with E-state index in [1.165, 1.54) is 24.5 Å². The number of nitrogens with one attached hydrogen (secondary N) is 1. The standard InChI is InChI=1S/C24H24ClFN4S/c1-14(29-24-30-23-22(31-24)11-17(25)13-28-23)10-15-2-4-16(5-3-15)19-8-9-27-21-7-6-18(26)12-20(19)21/h6-9,11-16H,2-5,10H2,1H3,(H,28,29,30)/t14-,15?,16?/m1/s1. The number of nitrogens with zero attached hydrogens (tertiary/aromatic N) is 3. The Hall–Kier alpha value is -2.31. The molecule has 1 saturated carbocycles. The molecule has 1 fully saturated rings. The number of aromatic nitrogens is 3. The van der Waals surface area contributed by atoms with E-state index in [2.05, 4.69) is 33.3 Å². The molecule has 1 aromatic carbocycles. The number of benzene rings is 1. The maximum atomic E-state index is 13.8. The summed E-state index contributed by atoms with van der Waals surface area (Å²) >= 11 is 7.63. The van der Waals surface area contributed by atoms with Gasteiger partial charge in [-0.2, -0.15) is 0 Å². The molecule has 5 rings (SSSR count). The molecule has 1 atom stereocenters. The van der Waals surface area contributed by atoms with E-state index in [4.69, 9.17) is 11.6 Å². The van der Waals surface area contributed by atoms with E-state index in [1.54, 1.807) is 29.7 Å². The summed E-state index contributed by atoms with van der Waals surface area (Å²) in [7, 11) is 0. The Bertz CT molecular complexity index is 1220. The summed E-state index contributed by atoms with van der Waals surface area (Å²) in [6.45, 7) is 2.22. The van der Waals surface area contributed by atoms with Gasteiger partial charge in [-0.3, -0.25) is 4.98 Å². The van der Waals surface area contributed by atoms with Crippen molar-refractivity contribution in [2.45, 2.75) is 51.0 Å². The van der Waals surface area contributed by atoms with Crippen LogP contribution >= 0.6 is 22.9 Å². The lowest BCUT2D eigenvalue weighted by atomic mass is 9.76. The molecular formula is C24H24ClFN4S. The van der Waals surface area contributed by atoms with E-state index in [-0.39, 0.29) is 5.82 Å². The zero-order valence-electron chi connectivity index (χ0n) is 17.3. The Kier molecular flexibility index (Phi) is 5.76. The summed E-state index contributed by atoms with van der Waals surface area (Å²) in [6.07, 6.45) is 9.25. The third-order valence-electron chi connectivity index (χ3n) is 6.29. The molecule has 4 nitrogen and oxygen atoms in total. The van der Waals surface area contributed by atoms with E-state index in [1.807, 2.05) is 12.3 Å². The number of rotatable bonds is 5. The van der Waals surface area contributed by atoms with Crippen molar-refractivity contribution in [1.29, 1.82) is 0 Å². The molecule has 0 saturated heterocycles. The van der Waals surface area contributed by atoms with Gasteiger partial charge in [0, 0.05) is 23.8 Å². The highest BCUT2D eigenvalue weighted by Gasteiger charge is 2.25. The molecule has 3 heterocycles. The summed E-state index contributed by atoms with van der Waals surface area (Å²) < 4.78 is 14.8. The molecule has 1 aliphatic carbocycles. The quantitative estimate of drug-likeness (QED) is 0.346. The monoisotopic (exact) mass is 454 g/mol. The Morgan fingerprint density at radius 3 is 2.84 bits per heavy atom. The van der Waals surface area contributed by atoms with E-state index in [0.29, 0.717) is 22.9 Å². The Balaban J connectivity index is 1.20. The summed E-state index contributed by atoms with van der Waals surface area (Å²) in [4.78, 5) is 13.3. The molecule has 0 aliphatic heterocycles. The number of thiazole rings is 1. The van der Waals surface area contributed by atoms with Crippen LogP contribution in [0.1, 0.15) is 50.5 Å². The highest BCUT2D eigenvalue weighted by atomic mass is 35.5. The molecule has 1 aliphatic rings. The van der Waals surface area contributed by atoms with Crippen molar-refractivity contribution in [2.75, 3.05) is 5.32 Å². The molecule has 0 bridgehead atoms. The topological polar surface area (TPSA) is 50.7 Å². The third kappa shape index (κ3) is 4.51. The van der Waals surface area contributed by atoms with Gasteiger partial charge in [-0.15, -0.1) is 0 Å². The van der Waals surface area contributed by atoms with Gasteiger partial charge in [0.1, 0.15) is 5.82 Å². The average Bonchev–Trinajstić information content (AvgIpc) is 3.15. The lowest BCUT2D eigenvalue weighted by Gasteiger charge is -2.31. The van der Waals surface area contributed by atoms with Gasteiger partial charge in [-0.05, 0) is 86.8 Å². The second-order valence-electron chi connectivity index (χ2n) is 8.55. The Morgan fingerprint density at radius 1 is 1.16 bits per heavy atom. The highest BCUT2D eigenvalue weighted by molar-refractivity contribution is 7.22. The second-order valence-corrected chi connectivity index (χ2v) is 10.0. The van der Waals surface area contributed by atoms with Crippen LogP contribution in [0.3, 0.4) is 0 Å². The number of pyridine rings is 2. The van der Waals surface area contributed by atoms with Crippen LogP contribution in [0.25, 0.3) is 21.3 Å². The number of anilines is 1. The van der Waals surface area contributed by atoms with Crippen LogP contribution in [0.4, 0.5) is 9.52 Å². The van der Waals surface area contributed by atoms with Crippen LogP contribution in [0, 0.1) is 11.7 Å². The molecular weight excluding hydrogens is 431 g/mol. The largest absolute Gasteiger partial charge is 0.359 e. The summed E-state index contributed by atoms with van der Waals surface area (Å²) in [6, 6.07) is 9.22. The van der Waals surface area contributed by atoms with Crippen LogP contribution in [0.5, 0.6) is 0 Å². The maximum Gasteiger partial charge on any atom is 0.185 e. The van der Waals surface area contributed by atoms with Crippen molar-refractivity contribution in [2.24, 2.45) is 5.92 Å². The molecule has 7 heteroatoms. The molecule has 1 N–H and O–H groups in total. The zero-order chi connectivity index (χ0) is 21.4. The van der Waals surface area contributed by atoms with Gasteiger partial charge >= 0.3 is 0 Å². The minimum absolute atomic E-state index is 0.192. The minimum atomic E-state index is -0.192. The van der Waals surface area contributed by atoms with Gasteiger partial charge in [0.2, 0.25) is 0 Å². The van der Waals surface area contributed by atoms with Crippen molar-refractivity contribution in [1.82, 2.24) is 15.0 Å². The van der Waals surface area contributed by atoms with E-state index < -0.39 is 0 Å². The lowest BCUT2D eigenvalue weighted by molar-refractivity contribution is 0.302. The van der Waals surface area contributed by atoms with Crippen LogP contribution < -0.4 is 5.32 Å². The molecule has 0 amide bonds. The van der Waals surface area contributed by atoms with Crippen LogP contribution in [-0.2, 0) is 0 Å². The first-order chi connectivity index (χ1) is 15.0.